The average Bonchev–Trinajstić information content (AvgIpc) is 2.04. The van der Waals surface area contributed by atoms with E-state index in [0.29, 0.717) is 13.2 Å². The van der Waals surface area contributed by atoms with E-state index in [1.807, 2.05) is 18.2 Å². The summed E-state index contributed by atoms with van der Waals surface area (Å²) in [6, 6.07) is 5.76. The van der Waals surface area contributed by atoms with E-state index in [-0.39, 0.29) is 6.04 Å². The van der Waals surface area contributed by atoms with Gasteiger partial charge in [-0.3, -0.25) is 0 Å². The molecule has 0 fully saturated rings. The second-order valence-corrected chi connectivity index (χ2v) is 3.40. The lowest BCUT2D eigenvalue weighted by Gasteiger charge is -2.22. The molecule has 1 aromatic rings. The van der Waals surface area contributed by atoms with Crippen LogP contribution in [0, 0.1) is 0 Å². The summed E-state index contributed by atoms with van der Waals surface area (Å²) in [7, 11) is 0. The fourth-order valence-electron chi connectivity index (χ4n) is 1.45. The minimum atomic E-state index is 0.00557. The van der Waals surface area contributed by atoms with Crippen LogP contribution in [0.3, 0.4) is 0 Å². The molecular formula is C9H10ClNO. The Bertz CT molecular complexity index is 301. The van der Waals surface area contributed by atoms with E-state index >= 15 is 0 Å². The van der Waals surface area contributed by atoms with Crippen molar-refractivity contribution >= 4 is 11.6 Å². The molecule has 1 aliphatic rings. The van der Waals surface area contributed by atoms with Crippen LogP contribution in [0.5, 0.6) is 0 Å². The first-order valence-electron chi connectivity index (χ1n) is 3.89. The molecule has 0 radical (unpaired) electrons. The molecule has 2 nitrogen and oxygen atoms in total. The van der Waals surface area contributed by atoms with Gasteiger partial charge in [0.25, 0.3) is 0 Å². The second-order valence-electron chi connectivity index (χ2n) is 2.96. The van der Waals surface area contributed by atoms with Crippen molar-refractivity contribution in [2.75, 3.05) is 6.61 Å². The number of nitrogens with two attached hydrogens (primary N) is 1. The van der Waals surface area contributed by atoms with Crippen molar-refractivity contribution in [1.82, 2.24) is 0 Å². The summed E-state index contributed by atoms with van der Waals surface area (Å²) in [4.78, 5) is 0. The minimum Gasteiger partial charge on any atom is -0.375 e. The van der Waals surface area contributed by atoms with Crippen molar-refractivity contribution in [2.24, 2.45) is 5.73 Å². The van der Waals surface area contributed by atoms with Gasteiger partial charge in [0.15, 0.2) is 0 Å². The van der Waals surface area contributed by atoms with Gasteiger partial charge in [-0.15, -0.1) is 0 Å². The third kappa shape index (κ3) is 1.33. The highest BCUT2D eigenvalue weighted by molar-refractivity contribution is 6.30. The Morgan fingerprint density at radius 3 is 3.17 bits per heavy atom. The van der Waals surface area contributed by atoms with Gasteiger partial charge in [-0.05, 0) is 23.3 Å². The number of hydrogen-bond acceptors (Lipinski definition) is 2. The van der Waals surface area contributed by atoms with Gasteiger partial charge in [0, 0.05) is 5.02 Å². The van der Waals surface area contributed by atoms with E-state index in [1.165, 1.54) is 0 Å². The van der Waals surface area contributed by atoms with Gasteiger partial charge in [-0.2, -0.15) is 0 Å². The summed E-state index contributed by atoms with van der Waals surface area (Å²) in [5.41, 5.74) is 8.10. The molecule has 0 saturated carbocycles. The Morgan fingerprint density at radius 1 is 1.50 bits per heavy atom. The Kier molecular flexibility index (Phi) is 2.05. The SMILES string of the molecule is N[C@@H]1COCc2cc(Cl)ccc21. The number of benzene rings is 1. The first-order chi connectivity index (χ1) is 5.77. The lowest BCUT2D eigenvalue weighted by molar-refractivity contribution is 0.0924. The molecule has 0 unspecified atom stereocenters. The van der Waals surface area contributed by atoms with E-state index < -0.39 is 0 Å². The van der Waals surface area contributed by atoms with Crippen LogP contribution in [0.25, 0.3) is 0 Å². The maximum atomic E-state index is 5.83. The fourth-order valence-corrected chi connectivity index (χ4v) is 1.64. The van der Waals surface area contributed by atoms with Gasteiger partial charge < -0.3 is 10.5 Å². The number of halogens is 1. The second kappa shape index (κ2) is 3.05. The molecule has 1 atom stereocenters. The average molecular weight is 184 g/mol. The minimum absolute atomic E-state index is 0.00557. The van der Waals surface area contributed by atoms with E-state index in [4.69, 9.17) is 22.1 Å². The number of hydrogen-bond donors (Lipinski definition) is 1. The van der Waals surface area contributed by atoms with Gasteiger partial charge in [0.05, 0.1) is 19.3 Å². The molecule has 3 heteroatoms. The van der Waals surface area contributed by atoms with Crippen molar-refractivity contribution < 1.29 is 4.74 Å². The Morgan fingerprint density at radius 2 is 2.33 bits per heavy atom. The molecule has 1 heterocycles. The highest BCUT2D eigenvalue weighted by Gasteiger charge is 2.16. The van der Waals surface area contributed by atoms with Crippen LogP contribution >= 0.6 is 11.6 Å². The van der Waals surface area contributed by atoms with Gasteiger partial charge in [-0.25, -0.2) is 0 Å². The molecule has 64 valence electrons. The van der Waals surface area contributed by atoms with Gasteiger partial charge in [0.1, 0.15) is 0 Å². The highest BCUT2D eigenvalue weighted by Crippen LogP contribution is 2.25. The zero-order chi connectivity index (χ0) is 8.55. The molecule has 1 aliphatic heterocycles. The van der Waals surface area contributed by atoms with Gasteiger partial charge in [0.2, 0.25) is 0 Å². The lowest BCUT2D eigenvalue weighted by Crippen LogP contribution is -2.23. The largest absolute Gasteiger partial charge is 0.375 e. The van der Waals surface area contributed by atoms with E-state index in [9.17, 15) is 0 Å². The summed E-state index contributed by atoms with van der Waals surface area (Å²) in [6.07, 6.45) is 0. The Labute approximate surface area is 76.3 Å². The molecule has 0 amide bonds. The topological polar surface area (TPSA) is 35.2 Å². The Balaban J connectivity index is 2.46. The predicted octanol–water partition coefficient (Wildman–Crippen LogP) is 1.87. The fraction of sp³-hybridized carbons (Fsp3) is 0.333. The van der Waals surface area contributed by atoms with E-state index in [2.05, 4.69) is 0 Å². The van der Waals surface area contributed by atoms with Crippen molar-refractivity contribution in [1.29, 1.82) is 0 Å². The van der Waals surface area contributed by atoms with Crippen LogP contribution in [-0.2, 0) is 11.3 Å². The zero-order valence-corrected chi connectivity index (χ0v) is 7.34. The zero-order valence-electron chi connectivity index (χ0n) is 6.59. The molecule has 1 aromatic carbocycles. The summed E-state index contributed by atoms with van der Waals surface area (Å²) in [5.74, 6) is 0. The van der Waals surface area contributed by atoms with Gasteiger partial charge in [-0.1, -0.05) is 17.7 Å². The third-order valence-electron chi connectivity index (χ3n) is 2.06. The molecule has 2 N–H and O–H groups in total. The summed E-state index contributed by atoms with van der Waals surface area (Å²) >= 11 is 5.83. The van der Waals surface area contributed by atoms with Crippen LogP contribution in [0.15, 0.2) is 18.2 Å². The van der Waals surface area contributed by atoms with Crippen LogP contribution in [0.4, 0.5) is 0 Å². The maximum absolute atomic E-state index is 5.83. The highest BCUT2D eigenvalue weighted by atomic mass is 35.5. The normalized spacial score (nSPS) is 22.0. The quantitative estimate of drug-likeness (QED) is 0.667. The van der Waals surface area contributed by atoms with Crippen molar-refractivity contribution in [3.8, 4) is 0 Å². The van der Waals surface area contributed by atoms with Crippen LogP contribution in [0.2, 0.25) is 5.02 Å². The van der Waals surface area contributed by atoms with Crippen LogP contribution in [-0.4, -0.2) is 6.61 Å². The van der Waals surface area contributed by atoms with Crippen LogP contribution in [0.1, 0.15) is 17.2 Å². The molecule has 0 bridgehead atoms. The van der Waals surface area contributed by atoms with Crippen LogP contribution < -0.4 is 5.73 Å². The molecule has 2 rings (SSSR count). The van der Waals surface area contributed by atoms with Gasteiger partial charge >= 0.3 is 0 Å². The standard InChI is InChI=1S/C9H10ClNO/c10-7-1-2-8-6(3-7)4-12-5-9(8)11/h1-3,9H,4-5,11H2/t9-/m1/s1. The molecule has 0 aliphatic carbocycles. The number of ether oxygens (including phenoxy) is 1. The summed E-state index contributed by atoms with van der Waals surface area (Å²) in [5, 5.41) is 0.742. The molecular weight excluding hydrogens is 174 g/mol. The summed E-state index contributed by atoms with van der Waals surface area (Å²) < 4.78 is 5.28. The van der Waals surface area contributed by atoms with Crippen molar-refractivity contribution in [3.05, 3.63) is 34.3 Å². The third-order valence-corrected chi connectivity index (χ3v) is 2.29. The first-order valence-corrected chi connectivity index (χ1v) is 4.27. The number of fused-ring (bicyclic) bond motifs is 1. The van der Waals surface area contributed by atoms with E-state index in [1.54, 1.807) is 0 Å². The molecule has 0 saturated heterocycles. The molecule has 0 aromatic heterocycles. The monoisotopic (exact) mass is 183 g/mol. The van der Waals surface area contributed by atoms with E-state index in [0.717, 1.165) is 16.1 Å². The summed E-state index contributed by atoms with van der Waals surface area (Å²) in [6.45, 7) is 1.23. The predicted molar refractivity (Wildman–Crippen MR) is 48.0 cm³/mol. The lowest BCUT2D eigenvalue weighted by atomic mass is 10.00. The smallest absolute Gasteiger partial charge is 0.0721 e. The molecule has 0 spiro atoms. The Hall–Kier alpha value is -0.570. The van der Waals surface area contributed by atoms with Crippen molar-refractivity contribution in [2.45, 2.75) is 12.6 Å². The maximum Gasteiger partial charge on any atom is 0.0721 e. The first kappa shape index (κ1) is 8.05. The number of rotatable bonds is 0. The van der Waals surface area contributed by atoms with Crippen molar-refractivity contribution in [3.63, 3.8) is 0 Å². The molecule has 12 heavy (non-hydrogen) atoms.